The summed E-state index contributed by atoms with van der Waals surface area (Å²) in [5.74, 6) is 0.158. The van der Waals surface area contributed by atoms with E-state index in [-0.39, 0.29) is 5.76 Å². The zero-order chi connectivity index (χ0) is 17.8. The molecule has 0 aliphatic heterocycles. The number of benzene rings is 2. The van der Waals surface area contributed by atoms with E-state index >= 15 is 0 Å². The van der Waals surface area contributed by atoms with Gasteiger partial charge in [-0.05, 0) is 36.8 Å². The lowest BCUT2D eigenvalue weighted by Gasteiger charge is -2.08. The topological polar surface area (TPSA) is 63.8 Å². The summed E-state index contributed by atoms with van der Waals surface area (Å²) < 4.78 is 10.8. The quantitative estimate of drug-likeness (QED) is 0.508. The first-order valence-corrected chi connectivity index (χ1v) is 8.28. The smallest absolute Gasteiger partial charge is 0.307 e. The summed E-state index contributed by atoms with van der Waals surface area (Å²) in [7, 11) is 0. The number of fused-ring (bicyclic) bond motifs is 1. The summed E-state index contributed by atoms with van der Waals surface area (Å²) in [5.41, 5.74) is 3.68. The van der Waals surface area contributed by atoms with Gasteiger partial charge in [0.15, 0.2) is 11.5 Å². The fourth-order valence-electron chi connectivity index (χ4n) is 2.25. The van der Waals surface area contributed by atoms with Crippen molar-refractivity contribution < 1.29 is 13.9 Å². The second kappa shape index (κ2) is 7.59. The van der Waals surface area contributed by atoms with Crippen LogP contribution in [0.15, 0.2) is 52.0 Å². The number of halogens is 2. The molecule has 7 heteroatoms. The molecule has 3 aromatic rings. The third kappa shape index (κ3) is 3.95. The summed E-state index contributed by atoms with van der Waals surface area (Å²) in [4.78, 5) is 12.1. The van der Waals surface area contributed by atoms with E-state index in [1.54, 1.807) is 24.3 Å². The van der Waals surface area contributed by atoms with Gasteiger partial charge in [-0.1, -0.05) is 41.4 Å². The van der Waals surface area contributed by atoms with Crippen LogP contribution in [-0.4, -0.2) is 18.7 Å². The molecule has 0 spiro atoms. The highest BCUT2D eigenvalue weighted by Crippen LogP contribution is 2.33. The summed E-state index contributed by atoms with van der Waals surface area (Å²) >= 11 is 12.2. The van der Waals surface area contributed by atoms with Gasteiger partial charge in [0.2, 0.25) is 0 Å². The lowest BCUT2D eigenvalue weighted by Crippen LogP contribution is -2.16. The van der Waals surface area contributed by atoms with Crippen LogP contribution in [0, 0.1) is 0 Å². The van der Waals surface area contributed by atoms with Gasteiger partial charge in [-0.25, -0.2) is 5.43 Å². The molecule has 2 aromatic carbocycles. The van der Waals surface area contributed by atoms with E-state index in [1.807, 2.05) is 25.1 Å². The number of ether oxygens (including phenoxy) is 1. The summed E-state index contributed by atoms with van der Waals surface area (Å²) in [5, 5.41) is 5.50. The molecule has 0 saturated heterocycles. The third-order valence-corrected chi connectivity index (χ3v) is 3.90. The average Bonchev–Trinajstić information content (AvgIpc) is 3.02. The van der Waals surface area contributed by atoms with Gasteiger partial charge in [-0.2, -0.15) is 5.10 Å². The first-order chi connectivity index (χ1) is 12.1. The molecule has 0 radical (unpaired) electrons. The second-order valence-corrected chi connectivity index (χ2v) is 5.91. The molecular weight excluding hydrogens is 363 g/mol. The van der Waals surface area contributed by atoms with E-state index < -0.39 is 5.91 Å². The van der Waals surface area contributed by atoms with Gasteiger partial charge < -0.3 is 9.15 Å². The van der Waals surface area contributed by atoms with Crippen LogP contribution in [0.3, 0.4) is 0 Å². The number of hydrogen-bond acceptors (Lipinski definition) is 4. The van der Waals surface area contributed by atoms with Crippen molar-refractivity contribution in [2.45, 2.75) is 6.92 Å². The Kier molecular flexibility index (Phi) is 5.26. The monoisotopic (exact) mass is 376 g/mol. The Bertz CT molecular complexity index is 894. The maximum Gasteiger partial charge on any atom is 0.307 e. The van der Waals surface area contributed by atoms with Crippen molar-refractivity contribution in [3.8, 4) is 5.75 Å². The first kappa shape index (κ1) is 17.3. The highest BCUT2D eigenvalue weighted by molar-refractivity contribution is 6.37. The second-order valence-electron chi connectivity index (χ2n) is 5.09. The Labute approximate surface area is 154 Å². The molecule has 0 aliphatic carbocycles. The van der Waals surface area contributed by atoms with E-state index in [9.17, 15) is 4.79 Å². The molecule has 5 nitrogen and oxygen atoms in total. The number of hydrazone groups is 1. The van der Waals surface area contributed by atoms with Gasteiger partial charge in [0.1, 0.15) is 5.58 Å². The van der Waals surface area contributed by atoms with Gasteiger partial charge in [0.25, 0.3) is 0 Å². The van der Waals surface area contributed by atoms with Crippen LogP contribution in [0.25, 0.3) is 11.0 Å². The summed E-state index contributed by atoms with van der Waals surface area (Å²) in [6.45, 7) is 2.30. The predicted octanol–water partition coefficient (Wildman–Crippen LogP) is 4.90. The maximum absolute atomic E-state index is 12.1. The number of carbonyl (C=O) groups is 1. The van der Waals surface area contributed by atoms with Gasteiger partial charge in [0.05, 0.1) is 22.9 Å². The molecule has 0 bridgehead atoms. The van der Waals surface area contributed by atoms with Crippen molar-refractivity contribution in [3.63, 3.8) is 0 Å². The molecule has 25 heavy (non-hydrogen) atoms. The van der Waals surface area contributed by atoms with E-state index in [0.29, 0.717) is 33.5 Å². The molecule has 1 heterocycles. The number of para-hydroxylation sites is 1. The van der Waals surface area contributed by atoms with Gasteiger partial charge in [-0.3, -0.25) is 4.79 Å². The third-order valence-electron chi connectivity index (χ3n) is 3.34. The number of nitrogens with zero attached hydrogens (tertiary/aromatic N) is 1. The average molecular weight is 377 g/mol. The number of amides is 1. The van der Waals surface area contributed by atoms with Gasteiger partial charge >= 0.3 is 5.91 Å². The Hall–Kier alpha value is -2.50. The highest BCUT2D eigenvalue weighted by atomic mass is 35.5. The lowest BCUT2D eigenvalue weighted by molar-refractivity contribution is 0.0929. The van der Waals surface area contributed by atoms with Crippen LogP contribution in [0.1, 0.15) is 23.0 Å². The Balaban J connectivity index is 1.71. The maximum atomic E-state index is 12.1. The van der Waals surface area contributed by atoms with E-state index in [2.05, 4.69) is 10.5 Å². The van der Waals surface area contributed by atoms with Crippen molar-refractivity contribution in [3.05, 3.63) is 63.8 Å². The lowest BCUT2D eigenvalue weighted by atomic mass is 10.2. The molecule has 3 rings (SSSR count). The van der Waals surface area contributed by atoms with Crippen LogP contribution in [-0.2, 0) is 0 Å². The molecule has 1 amide bonds. The fourth-order valence-corrected chi connectivity index (χ4v) is 2.86. The molecular formula is C18H14Cl2N2O3. The van der Waals surface area contributed by atoms with E-state index in [4.69, 9.17) is 32.4 Å². The zero-order valence-electron chi connectivity index (χ0n) is 13.3. The minimum atomic E-state index is -0.449. The zero-order valence-corrected chi connectivity index (χ0v) is 14.8. The van der Waals surface area contributed by atoms with Crippen molar-refractivity contribution in [2.75, 3.05) is 6.61 Å². The molecule has 1 N–H and O–H groups in total. The van der Waals surface area contributed by atoms with E-state index in [1.165, 1.54) is 6.21 Å². The minimum absolute atomic E-state index is 0.182. The summed E-state index contributed by atoms with van der Waals surface area (Å²) in [6, 6.07) is 12.3. The van der Waals surface area contributed by atoms with Gasteiger partial charge in [0, 0.05) is 5.39 Å². The number of furan rings is 1. The van der Waals surface area contributed by atoms with Crippen LogP contribution in [0.4, 0.5) is 0 Å². The van der Waals surface area contributed by atoms with Crippen molar-refractivity contribution in [1.29, 1.82) is 0 Å². The van der Waals surface area contributed by atoms with Crippen LogP contribution in [0.2, 0.25) is 10.0 Å². The fraction of sp³-hybridized carbons (Fsp3) is 0.111. The van der Waals surface area contributed by atoms with Crippen LogP contribution < -0.4 is 10.2 Å². The first-order valence-electron chi connectivity index (χ1n) is 7.52. The van der Waals surface area contributed by atoms with Crippen LogP contribution in [0.5, 0.6) is 5.75 Å². The summed E-state index contributed by atoms with van der Waals surface area (Å²) in [6.07, 6.45) is 1.44. The number of carbonyl (C=O) groups excluding carboxylic acids is 1. The largest absolute Gasteiger partial charge is 0.491 e. The number of rotatable bonds is 5. The Morgan fingerprint density at radius 1 is 1.24 bits per heavy atom. The number of hydrogen-bond donors (Lipinski definition) is 1. The molecule has 0 atom stereocenters. The SMILES string of the molecule is CCOc1c(Cl)cc(C=NNC(=O)c2cc3ccccc3o2)cc1Cl. The molecule has 128 valence electrons. The van der Waals surface area contributed by atoms with Crippen molar-refractivity contribution in [1.82, 2.24) is 5.43 Å². The predicted molar refractivity (Wildman–Crippen MR) is 98.9 cm³/mol. The standard InChI is InChI=1S/C18H14Cl2N2O3/c1-2-24-17-13(19)7-11(8-14(17)20)10-21-22-18(23)16-9-12-5-3-4-6-15(12)25-16/h3-10H,2H2,1H3,(H,22,23). The van der Waals surface area contributed by atoms with Crippen molar-refractivity contribution in [2.24, 2.45) is 5.10 Å². The highest BCUT2D eigenvalue weighted by Gasteiger charge is 2.11. The molecule has 0 fully saturated rings. The van der Waals surface area contributed by atoms with Crippen LogP contribution >= 0.6 is 23.2 Å². The molecule has 0 aliphatic rings. The van der Waals surface area contributed by atoms with Crippen molar-refractivity contribution >= 4 is 46.3 Å². The molecule has 0 unspecified atom stereocenters. The number of nitrogens with one attached hydrogen (secondary N) is 1. The van der Waals surface area contributed by atoms with E-state index in [0.717, 1.165) is 5.39 Å². The normalized spacial score (nSPS) is 11.2. The Morgan fingerprint density at radius 3 is 2.64 bits per heavy atom. The molecule has 0 saturated carbocycles. The molecule has 1 aromatic heterocycles. The van der Waals surface area contributed by atoms with Gasteiger partial charge in [-0.15, -0.1) is 0 Å². The minimum Gasteiger partial charge on any atom is -0.491 e. The Morgan fingerprint density at radius 2 is 1.96 bits per heavy atom.